The van der Waals surface area contributed by atoms with Crippen molar-refractivity contribution in [3.8, 4) is 0 Å². The first kappa shape index (κ1) is 25.0. The number of Topliss-reactive ketones (excluding diaryl/α,β-unsaturated/α-hetero) is 2. The van der Waals surface area contributed by atoms with Crippen LogP contribution in [-0.4, -0.2) is 23.4 Å². The third kappa shape index (κ3) is 9.25. The molecule has 6 nitrogen and oxygen atoms in total. The molecule has 0 aromatic heterocycles. The zero-order valence-corrected chi connectivity index (χ0v) is 18.9. The van der Waals surface area contributed by atoms with E-state index < -0.39 is 0 Å². The first-order valence-electron chi connectivity index (χ1n) is 11.2. The number of nitrogens with one attached hydrogen (secondary N) is 2. The van der Waals surface area contributed by atoms with Gasteiger partial charge in [0, 0.05) is 35.3 Å². The van der Waals surface area contributed by atoms with Crippen LogP contribution in [0.25, 0.3) is 0 Å². The first-order chi connectivity index (χ1) is 15.3. The Morgan fingerprint density at radius 2 is 0.844 bits per heavy atom. The van der Waals surface area contributed by atoms with Crippen LogP contribution in [0.1, 0.15) is 85.9 Å². The van der Waals surface area contributed by atoms with E-state index in [9.17, 15) is 19.2 Å². The molecule has 0 heterocycles. The minimum atomic E-state index is -0.0198. The van der Waals surface area contributed by atoms with E-state index >= 15 is 0 Å². The quantitative estimate of drug-likeness (QED) is 0.307. The molecule has 0 saturated heterocycles. The molecule has 0 aliphatic carbocycles. The molecule has 0 bridgehead atoms. The van der Waals surface area contributed by atoms with Gasteiger partial charge in [0.25, 0.3) is 0 Å². The lowest BCUT2D eigenvalue weighted by Gasteiger charge is -2.07. The van der Waals surface area contributed by atoms with E-state index in [2.05, 4.69) is 10.6 Å². The predicted molar refractivity (Wildman–Crippen MR) is 127 cm³/mol. The van der Waals surface area contributed by atoms with Gasteiger partial charge >= 0.3 is 0 Å². The Bertz CT molecular complexity index is 840. The van der Waals surface area contributed by atoms with Crippen LogP contribution in [0.15, 0.2) is 48.5 Å². The molecule has 0 fully saturated rings. The van der Waals surface area contributed by atoms with E-state index in [1.807, 2.05) is 0 Å². The van der Waals surface area contributed by atoms with E-state index in [1.165, 1.54) is 13.8 Å². The summed E-state index contributed by atoms with van der Waals surface area (Å²) in [4.78, 5) is 46.5. The number of benzene rings is 2. The van der Waals surface area contributed by atoms with Crippen LogP contribution in [0, 0.1) is 0 Å². The highest BCUT2D eigenvalue weighted by atomic mass is 16.2. The largest absolute Gasteiger partial charge is 0.326 e. The number of ketones is 2. The van der Waals surface area contributed by atoms with Crippen LogP contribution in [-0.2, 0) is 9.59 Å². The average molecular weight is 437 g/mol. The summed E-state index contributed by atoms with van der Waals surface area (Å²) in [7, 11) is 0. The maximum Gasteiger partial charge on any atom is 0.224 e. The van der Waals surface area contributed by atoms with Gasteiger partial charge in [-0.1, -0.05) is 25.7 Å². The fourth-order valence-corrected chi connectivity index (χ4v) is 3.30. The van der Waals surface area contributed by atoms with Crippen molar-refractivity contribution in [2.45, 2.75) is 65.2 Å². The van der Waals surface area contributed by atoms with Crippen molar-refractivity contribution in [1.29, 1.82) is 0 Å². The monoisotopic (exact) mass is 436 g/mol. The molecule has 32 heavy (non-hydrogen) atoms. The molecular formula is C26H32N2O4. The lowest BCUT2D eigenvalue weighted by atomic mass is 10.1. The maximum atomic E-state index is 12.0. The standard InChI is InChI=1S/C26H32N2O4/c1-19(29)21-11-15-23(16-12-21)27-25(31)9-7-5-3-4-6-8-10-26(32)28-24-17-13-22(14-18-24)20(2)30/h11-18H,3-10H2,1-2H3,(H,27,31)(H,28,32). The molecule has 2 aromatic rings. The van der Waals surface area contributed by atoms with Crippen molar-refractivity contribution >= 4 is 34.8 Å². The molecule has 2 aromatic carbocycles. The van der Waals surface area contributed by atoms with Gasteiger partial charge in [-0.3, -0.25) is 19.2 Å². The lowest BCUT2D eigenvalue weighted by molar-refractivity contribution is -0.117. The van der Waals surface area contributed by atoms with Gasteiger partial charge in [-0.2, -0.15) is 0 Å². The molecule has 0 unspecified atom stereocenters. The average Bonchev–Trinajstić information content (AvgIpc) is 2.76. The van der Waals surface area contributed by atoms with Crippen LogP contribution in [0.3, 0.4) is 0 Å². The van der Waals surface area contributed by atoms with Crippen molar-refractivity contribution in [1.82, 2.24) is 0 Å². The molecule has 0 saturated carbocycles. The van der Waals surface area contributed by atoms with Crippen molar-refractivity contribution in [2.24, 2.45) is 0 Å². The number of carbonyl (C=O) groups excluding carboxylic acids is 4. The molecule has 170 valence electrons. The predicted octanol–water partition coefficient (Wildman–Crippen LogP) is 5.79. The number of unbranched alkanes of at least 4 members (excludes halogenated alkanes) is 5. The number of hydrogen-bond donors (Lipinski definition) is 2. The second kappa shape index (κ2) is 13.2. The molecule has 2 amide bonds. The summed E-state index contributed by atoms with van der Waals surface area (Å²) >= 11 is 0. The molecule has 2 N–H and O–H groups in total. The zero-order chi connectivity index (χ0) is 23.3. The highest BCUT2D eigenvalue weighted by Crippen LogP contribution is 2.14. The Balaban J connectivity index is 1.50. The Morgan fingerprint density at radius 3 is 1.16 bits per heavy atom. The molecule has 2 rings (SSSR count). The fraction of sp³-hybridized carbons (Fsp3) is 0.385. The molecule has 0 aliphatic rings. The van der Waals surface area contributed by atoms with Crippen molar-refractivity contribution < 1.29 is 19.2 Å². The molecule has 0 aliphatic heterocycles. The first-order valence-corrected chi connectivity index (χ1v) is 11.2. The summed E-state index contributed by atoms with van der Waals surface area (Å²) in [6.07, 6.45) is 6.63. The van der Waals surface area contributed by atoms with E-state index in [0.29, 0.717) is 35.3 Å². The van der Waals surface area contributed by atoms with Gasteiger partial charge in [-0.05, 0) is 75.2 Å². The molecule has 6 heteroatoms. The van der Waals surface area contributed by atoms with Gasteiger partial charge < -0.3 is 10.6 Å². The van der Waals surface area contributed by atoms with Crippen molar-refractivity contribution in [2.75, 3.05) is 10.6 Å². The van der Waals surface area contributed by atoms with Gasteiger partial charge in [-0.15, -0.1) is 0 Å². The van der Waals surface area contributed by atoms with Gasteiger partial charge in [-0.25, -0.2) is 0 Å². The van der Waals surface area contributed by atoms with Crippen LogP contribution in [0.4, 0.5) is 11.4 Å². The second-order valence-corrected chi connectivity index (χ2v) is 7.98. The van der Waals surface area contributed by atoms with Crippen LogP contribution in [0.5, 0.6) is 0 Å². The topological polar surface area (TPSA) is 92.3 Å². The minimum absolute atomic E-state index is 0.00365. The van der Waals surface area contributed by atoms with Gasteiger partial charge in [0.05, 0.1) is 0 Å². The summed E-state index contributed by atoms with van der Waals surface area (Å²) in [5.41, 5.74) is 2.66. The smallest absolute Gasteiger partial charge is 0.224 e. The summed E-state index contributed by atoms with van der Waals surface area (Å²) in [6, 6.07) is 13.8. The Hall–Kier alpha value is -3.28. The fourth-order valence-electron chi connectivity index (χ4n) is 3.30. The van der Waals surface area contributed by atoms with Crippen molar-refractivity contribution in [3.05, 3.63) is 59.7 Å². The number of rotatable bonds is 13. The van der Waals surface area contributed by atoms with Crippen LogP contribution >= 0.6 is 0 Å². The molecular weight excluding hydrogens is 404 g/mol. The second-order valence-electron chi connectivity index (χ2n) is 7.98. The third-order valence-corrected chi connectivity index (χ3v) is 5.21. The number of hydrogen-bond acceptors (Lipinski definition) is 4. The van der Waals surface area contributed by atoms with Crippen molar-refractivity contribution in [3.63, 3.8) is 0 Å². The van der Waals surface area contributed by atoms with E-state index in [4.69, 9.17) is 0 Å². The Kier molecular flexibility index (Phi) is 10.3. The van der Waals surface area contributed by atoms with Gasteiger partial charge in [0.2, 0.25) is 11.8 Å². The summed E-state index contributed by atoms with van der Waals surface area (Å²) < 4.78 is 0. The highest BCUT2D eigenvalue weighted by molar-refractivity contribution is 5.96. The normalized spacial score (nSPS) is 10.4. The van der Waals surface area contributed by atoms with E-state index in [-0.39, 0.29) is 23.4 Å². The van der Waals surface area contributed by atoms with E-state index in [1.54, 1.807) is 48.5 Å². The lowest BCUT2D eigenvalue weighted by Crippen LogP contribution is -2.11. The third-order valence-electron chi connectivity index (χ3n) is 5.21. The SMILES string of the molecule is CC(=O)c1ccc(NC(=O)CCCCCCCCC(=O)Nc2ccc(C(C)=O)cc2)cc1. The van der Waals surface area contributed by atoms with Crippen LogP contribution < -0.4 is 10.6 Å². The summed E-state index contributed by atoms with van der Waals surface area (Å²) in [5, 5.41) is 5.70. The van der Waals surface area contributed by atoms with E-state index in [0.717, 1.165) is 38.5 Å². The number of amides is 2. The number of anilines is 2. The Labute approximate surface area is 189 Å². The summed E-state index contributed by atoms with van der Waals surface area (Å²) in [6.45, 7) is 3.03. The Morgan fingerprint density at radius 1 is 0.531 bits per heavy atom. The van der Waals surface area contributed by atoms with Gasteiger partial charge in [0.15, 0.2) is 11.6 Å². The number of carbonyl (C=O) groups is 4. The molecule has 0 spiro atoms. The minimum Gasteiger partial charge on any atom is -0.326 e. The molecule has 0 atom stereocenters. The van der Waals surface area contributed by atoms with Gasteiger partial charge in [0.1, 0.15) is 0 Å². The zero-order valence-electron chi connectivity index (χ0n) is 18.9. The van der Waals surface area contributed by atoms with Crippen LogP contribution in [0.2, 0.25) is 0 Å². The highest BCUT2D eigenvalue weighted by Gasteiger charge is 2.05. The summed E-state index contributed by atoms with van der Waals surface area (Å²) in [5.74, 6) is -0.0324. The molecule has 0 radical (unpaired) electrons. The maximum absolute atomic E-state index is 12.0.